The van der Waals surface area contributed by atoms with Crippen LogP contribution in [0.5, 0.6) is 0 Å². The van der Waals surface area contributed by atoms with Gasteiger partial charge in [0.15, 0.2) is 0 Å². The zero-order chi connectivity index (χ0) is 16.2. The van der Waals surface area contributed by atoms with Crippen LogP contribution in [0.25, 0.3) is 0 Å². The van der Waals surface area contributed by atoms with Gasteiger partial charge in [-0.1, -0.05) is 0 Å². The number of ether oxygens (including phenoxy) is 1. The number of piperazine rings is 1. The average molecular weight is 320 g/mol. The van der Waals surface area contributed by atoms with Gasteiger partial charge in [0, 0.05) is 51.0 Å². The Morgan fingerprint density at radius 1 is 1.04 bits per heavy atom. The molecule has 2 aliphatic rings. The summed E-state index contributed by atoms with van der Waals surface area (Å²) in [5, 5.41) is 11.3. The molecule has 0 saturated carbocycles. The molecular weight excluding hydrogens is 300 g/mol. The lowest BCUT2D eigenvalue weighted by atomic mass is 10.1. The molecule has 1 amide bonds. The number of carbonyl (C=O) groups excluding carboxylic acids is 1. The van der Waals surface area contributed by atoms with E-state index in [1.54, 1.807) is 17.0 Å². The number of nitrogens with zero attached hydrogens (tertiary/aromatic N) is 4. The van der Waals surface area contributed by atoms with E-state index in [0.29, 0.717) is 45.1 Å². The molecule has 0 unspecified atom stereocenters. The Kier molecular flexibility index (Phi) is 4.61. The van der Waals surface area contributed by atoms with Gasteiger partial charge in [0.05, 0.1) is 18.1 Å². The van der Waals surface area contributed by atoms with Crippen LogP contribution < -0.4 is 9.80 Å². The van der Waals surface area contributed by atoms with E-state index >= 15 is 0 Å². The highest BCUT2D eigenvalue weighted by molar-refractivity contribution is 5.70. The maximum atomic E-state index is 11.3. The number of hydrogen-bond acceptors (Lipinski definition) is 6. The van der Waals surface area contributed by atoms with Crippen LogP contribution >= 0.6 is 0 Å². The van der Waals surface area contributed by atoms with Crippen LogP contribution in [-0.2, 0) is 9.53 Å². The predicted molar refractivity (Wildman–Crippen MR) is 86.0 cm³/mol. The van der Waals surface area contributed by atoms with Crippen LogP contribution in [0, 0.1) is 10.1 Å². The minimum Gasteiger partial charge on any atom is -0.378 e. The number of morpholine rings is 1. The van der Waals surface area contributed by atoms with Crippen LogP contribution in [0.4, 0.5) is 17.1 Å². The third-order valence-electron chi connectivity index (χ3n) is 4.34. The van der Waals surface area contributed by atoms with Crippen molar-refractivity contribution in [2.75, 3.05) is 62.3 Å². The Hall–Kier alpha value is -2.35. The van der Waals surface area contributed by atoms with Crippen LogP contribution in [0.1, 0.15) is 0 Å². The molecule has 2 fully saturated rings. The molecule has 2 saturated heterocycles. The highest BCUT2D eigenvalue weighted by Gasteiger charge is 2.24. The lowest BCUT2D eigenvalue weighted by Gasteiger charge is -2.35. The summed E-state index contributed by atoms with van der Waals surface area (Å²) in [6.45, 7) is 5.30. The van der Waals surface area contributed by atoms with Gasteiger partial charge < -0.3 is 19.4 Å². The quantitative estimate of drug-likeness (QED) is 0.462. The minimum atomic E-state index is -0.334. The summed E-state index contributed by atoms with van der Waals surface area (Å²) in [6, 6.07) is 5.25. The van der Waals surface area contributed by atoms with Gasteiger partial charge >= 0.3 is 0 Å². The second-order valence-electron chi connectivity index (χ2n) is 5.66. The summed E-state index contributed by atoms with van der Waals surface area (Å²) in [5.41, 5.74) is 1.73. The van der Waals surface area contributed by atoms with Crippen molar-refractivity contribution in [3.63, 3.8) is 0 Å². The first-order valence-electron chi connectivity index (χ1n) is 7.74. The normalized spacial score (nSPS) is 18.9. The van der Waals surface area contributed by atoms with Crippen molar-refractivity contribution in [1.29, 1.82) is 0 Å². The molecule has 1 aromatic carbocycles. The van der Waals surface area contributed by atoms with E-state index in [0.717, 1.165) is 25.2 Å². The summed E-state index contributed by atoms with van der Waals surface area (Å²) in [7, 11) is 0. The van der Waals surface area contributed by atoms with Gasteiger partial charge in [-0.3, -0.25) is 14.9 Å². The number of hydrogen-bond donors (Lipinski definition) is 0. The van der Waals surface area contributed by atoms with Crippen molar-refractivity contribution in [1.82, 2.24) is 4.90 Å². The van der Waals surface area contributed by atoms with Crippen LogP contribution in [0.3, 0.4) is 0 Å². The van der Waals surface area contributed by atoms with Gasteiger partial charge in [-0.25, -0.2) is 0 Å². The number of carbonyl (C=O) groups is 1. The molecule has 0 aliphatic carbocycles. The summed E-state index contributed by atoms with van der Waals surface area (Å²) in [6.07, 6.45) is 0.867. The van der Waals surface area contributed by atoms with Crippen LogP contribution in [0.15, 0.2) is 18.2 Å². The summed E-state index contributed by atoms with van der Waals surface area (Å²) in [4.78, 5) is 27.7. The van der Waals surface area contributed by atoms with Crippen molar-refractivity contribution in [2.24, 2.45) is 0 Å². The molecule has 0 N–H and O–H groups in total. The van der Waals surface area contributed by atoms with E-state index in [-0.39, 0.29) is 10.6 Å². The van der Waals surface area contributed by atoms with Crippen LogP contribution in [-0.4, -0.2) is 68.7 Å². The van der Waals surface area contributed by atoms with Crippen molar-refractivity contribution < 1.29 is 14.5 Å². The molecule has 8 nitrogen and oxygen atoms in total. The Bertz CT molecular complexity index is 581. The Morgan fingerprint density at radius 3 is 2.35 bits per heavy atom. The van der Waals surface area contributed by atoms with Gasteiger partial charge in [0.2, 0.25) is 6.41 Å². The van der Waals surface area contributed by atoms with Crippen molar-refractivity contribution in [2.45, 2.75) is 0 Å². The van der Waals surface area contributed by atoms with Crippen LogP contribution in [0.2, 0.25) is 0 Å². The highest BCUT2D eigenvalue weighted by atomic mass is 16.6. The van der Waals surface area contributed by atoms with Gasteiger partial charge in [0.1, 0.15) is 5.69 Å². The fourth-order valence-electron chi connectivity index (χ4n) is 3.01. The minimum absolute atomic E-state index is 0.127. The van der Waals surface area contributed by atoms with Gasteiger partial charge in [0.25, 0.3) is 5.69 Å². The second kappa shape index (κ2) is 6.82. The molecular formula is C15H20N4O4. The van der Waals surface area contributed by atoms with E-state index in [9.17, 15) is 14.9 Å². The lowest BCUT2D eigenvalue weighted by molar-refractivity contribution is -0.384. The fourth-order valence-corrected chi connectivity index (χ4v) is 3.01. The molecule has 3 rings (SSSR count). The smallest absolute Gasteiger partial charge is 0.292 e. The number of rotatable bonds is 4. The summed E-state index contributed by atoms with van der Waals surface area (Å²) in [5.74, 6) is 0. The molecule has 1 aromatic rings. The monoisotopic (exact) mass is 320 g/mol. The first kappa shape index (κ1) is 15.5. The van der Waals surface area contributed by atoms with E-state index in [4.69, 9.17) is 4.74 Å². The number of anilines is 2. The molecule has 0 atom stereocenters. The summed E-state index contributed by atoms with van der Waals surface area (Å²) >= 11 is 0. The van der Waals surface area contributed by atoms with E-state index in [1.165, 1.54) is 0 Å². The maximum Gasteiger partial charge on any atom is 0.292 e. The van der Waals surface area contributed by atoms with E-state index in [2.05, 4.69) is 4.90 Å². The first-order chi connectivity index (χ1) is 11.2. The molecule has 23 heavy (non-hydrogen) atoms. The van der Waals surface area contributed by atoms with E-state index < -0.39 is 0 Å². The number of nitro groups is 1. The van der Waals surface area contributed by atoms with Gasteiger partial charge in [-0.15, -0.1) is 0 Å². The molecule has 0 aromatic heterocycles. The van der Waals surface area contributed by atoms with Crippen molar-refractivity contribution in [3.05, 3.63) is 28.3 Å². The second-order valence-corrected chi connectivity index (χ2v) is 5.66. The predicted octanol–water partition coefficient (Wildman–Crippen LogP) is 0.710. The SMILES string of the molecule is O=CN1CCN(c2ccc([N+](=O)[O-])c(N3CCOCC3)c2)CC1. The maximum absolute atomic E-state index is 11.3. The topological polar surface area (TPSA) is 79.2 Å². The molecule has 0 radical (unpaired) electrons. The van der Waals surface area contributed by atoms with Gasteiger partial charge in [-0.2, -0.15) is 0 Å². The van der Waals surface area contributed by atoms with Crippen molar-refractivity contribution in [3.8, 4) is 0 Å². The Balaban J connectivity index is 1.84. The fraction of sp³-hybridized carbons (Fsp3) is 0.533. The molecule has 8 heteroatoms. The number of benzene rings is 1. The first-order valence-corrected chi connectivity index (χ1v) is 7.74. The molecule has 2 heterocycles. The summed E-state index contributed by atoms with van der Waals surface area (Å²) < 4.78 is 5.33. The zero-order valence-corrected chi connectivity index (χ0v) is 12.9. The molecule has 0 bridgehead atoms. The molecule has 2 aliphatic heterocycles. The third-order valence-corrected chi connectivity index (χ3v) is 4.34. The van der Waals surface area contributed by atoms with Gasteiger partial charge in [-0.05, 0) is 12.1 Å². The lowest BCUT2D eigenvalue weighted by Crippen LogP contribution is -2.45. The standard InChI is InChI=1S/C15H20N4O4/c20-12-16-3-5-17(6-4-16)13-1-2-14(19(21)22)15(11-13)18-7-9-23-10-8-18/h1-2,11-12H,3-10H2. The van der Waals surface area contributed by atoms with E-state index in [1.807, 2.05) is 11.0 Å². The Labute approximate surface area is 134 Å². The number of amides is 1. The number of nitro benzene ring substituents is 1. The largest absolute Gasteiger partial charge is 0.378 e. The average Bonchev–Trinajstić information content (AvgIpc) is 2.62. The third kappa shape index (κ3) is 3.37. The molecule has 124 valence electrons. The zero-order valence-electron chi connectivity index (χ0n) is 12.9. The Morgan fingerprint density at radius 2 is 1.74 bits per heavy atom. The highest BCUT2D eigenvalue weighted by Crippen LogP contribution is 2.33. The van der Waals surface area contributed by atoms with Crippen molar-refractivity contribution >= 4 is 23.5 Å². The molecule has 0 spiro atoms.